The smallest absolute Gasteiger partial charge is 0.256 e. The highest BCUT2D eigenvalue weighted by molar-refractivity contribution is 5.99. The third kappa shape index (κ3) is 3.20. The molecule has 0 saturated carbocycles. The van der Waals surface area contributed by atoms with Gasteiger partial charge in [-0.15, -0.1) is 0 Å². The molecule has 94 valence electrons. The summed E-state index contributed by atoms with van der Waals surface area (Å²) >= 11 is 0. The molecule has 4 heteroatoms. The molecule has 1 N–H and O–H groups in total. The fourth-order valence-corrected chi connectivity index (χ4v) is 1.63. The maximum atomic E-state index is 12.3. The predicted molar refractivity (Wildman–Crippen MR) is 69.4 cm³/mol. The number of carbonyl (C=O) groups is 1. The van der Waals surface area contributed by atoms with Crippen LogP contribution in [-0.2, 0) is 4.74 Å². The fraction of sp³-hybridized carbons (Fsp3) is 0.462. The van der Waals surface area contributed by atoms with Crippen molar-refractivity contribution in [1.29, 1.82) is 0 Å². The standard InChI is InChI=1S/C13H20N2O2/c1-10(9-17-4)15(3)13(16)11-7-5-6-8-12(11)14-2/h5-8,10,14H,9H2,1-4H3. The first-order chi connectivity index (χ1) is 8.11. The molecule has 1 atom stereocenters. The van der Waals surface area contributed by atoms with Crippen molar-refractivity contribution >= 4 is 11.6 Å². The number of anilines is 1. The number of amides is 1. The quantitative estimate of drug-likeness (QED) is 0.848. The summed E-state index contributed by atoms with van der Waals surface area (Å²) in [6, 6.07) is 7.54. The Bertz CT molecular complexity index is 379. The minimum atomic E-state index is -0.000463. The summed E-state index contributed by atoms with van der Waals surface area (Å²) in [4.78, 5) is 14.0. The van der Waals surface area contributed by atoms with Crippen LogP contribution in [0.4, 0.5) is 5.69 Å². The molecule has 1 aromatic rings. The number of rotatable bonds is 5. The van der Waals surface area contributed by atoms with E-state index in [-0.39, 0.29) is 11.9 Å². The lowest BCUT2D eigenvalue weighted by Gasteiger charge is -2.25. The molecular formula is C13H20N2O2. The third-order valence-corrected chi connectivity index (χ3v) is 2.82. The van der Waals surface area contributed by atoms with Crippen molar-refractivity contribution in [1.82, 2.24) is 4.90 Å². The van der Waals surface area contributed by atoms with Gasteiger partial charge in [-0.1, -0.05) is 12.1 Å². The van der Waals surface area contributed by atoms with E-state index in [2.05, 4.69) is 5.32 Å². The number of methoxy groups -OCH3 is 1. The number of hydrogen-bond donors (Lipinski definition) is 1. The van der Waals surface area contributed by atoms with Gasteiger partial charge < -0.3 is 15.0 Å². The Hall–Kier alpha value is -1.55. The Morgan fingerprint density at radius 2 is 2.12 bits per heavy atom. The topological polar surface area (TPSA) is 41.6 Å². The molecule has 0 aromatic heterocycles. The number of nitrogens with zero attached hydrogens (tertiary/aromatic N) is 1. The highest BCUT2D eigenvalue weighted by Gasteiger charge is 2.19. The Balaban J connectivity index is 2.88. The van der Waals surface area contributed by atoms with Crippen LogP contribution in [0.15, 0.2) is 24.3 Å². The van der Waals surface area contributed by atoms with E-state index in [1.165, 1.54) is 0 Å². The largest absolute Gasteiger partial charge is 0.387 e. The van der Waals surface area contributed by atoms with Gasteiger partial charge >= 0.3 is 0 Å². The van der Waals surface area contributed by atoms with Crippen LogP contribution in [0.1, 0.15) is 17.3 Å². The second-order valence-corrected chi connectivity index (χ2v) is 4.02. The molecule has 0 aliphatic heterocycles. The Morgan fingerprint density at radius 1 is 1.47 bits per heavy atom. The molecule has 0 saturated heterocycles. The van der Waals surface area contributed by atoms with Crippen molar-refractivity contribution in [3.05, 3.63) is 29.8 Å². The number of benzene rings is 1. The third-order valence-electron chi connectivity index (χ3n) is 2.82. The first-order valence-corrected chi connectivity index (χ1v) is 5.64. The zero-order valence-electron chi connectivity index (χ0n) is 10.9. The lowest BCUT2D eigenvalue weighted by molar-refractivity contribution is 0.0634. The van der Waals surface area contributed by atoms with Gasteiger partial charge in [0.2, 0.25) is 0 Å². The van der Waals surface area contributed by atoms with Gasteiger partial charge in [0.1, 0.15) is 0 Å². The van der Waals surface area contributed by atoms with Gasteiger partial charge in [-0.3, -0.25) is 4.79 Å². The maximum absolute atomic E-state index is 12.3. The summed E-state index contributed by atoms with van der Waals surface area (Å²) in [6.07, 6.45) is 0. The number of para-hydroxylation sites is 1. The summed E-state index contributed by atoms with van der Waals surface area (Å²) < 4.78 is 5.06. The van der Waals surface area contributed by atoms with E-state index in [0.717, 1.165) is 5.69 Å². The lowest BCUT2D eigenvalue weighted by atomic mass is 10.1. The monoisotopic (exact) mass is 236 g/mol. The summed E-state index contributed by atoms with van der Waals surface area (Å²) in [6.45, 7) is 2.49. The second-order valence-electron chi connectivity index (χ2n) is 4.02. The number of likely N-dealkylation sites (N-methyl/N-ethyl adjacent to an activating group) is 1. The van der Waals surface area contributed by atoms with Gasteiger partial charge in [-0.05, 0) is 19.1 Å². The van der Waals surface area contributed by atoms with Crippen LogP contribution in [0.25, 0.3) is 0 Å². The van der Waals surface area contributed by atoms with Crippen molar-refractivity contribution < 1.29 is 9.53 Å². The number of nitrogens with one attached hydrogen (secondary N) is 1. The highest BCUT2D eigenvalue weighted by Crippen LogP contribution is 2.17. The van der Waals surface area contributed by atoms with Crippen LogP contribution >= 0.6 is 0 Å². The minimum absolute atomic E-state index is 0.000463. The molecule has 17 heavy (non-hydrogen) atoms. The van der Waals surface area contributed by atoms with Crippen LogP contribution in [-0.4, -0.2) is 44.7 Å². The van der Waals surface area contributed by atoms with Crippen LogP contribution in [0.3, 0.4) is 0 Å². The summed E-state index contributed by atoms with van der Waals surface area (Å²) in [7, 11) is 5.24. The zero-order chi connectivity index (χ0) is 12.8. The van der Waals surface area contributed by atoms with Gasteiger partial charge in [0.15, 0.2) is 0 Å². The van der Waals surface area contributed by atoms with Gasteiger partial charge in [0, 0.05) is 26.9 Å². The van der Waals surface area contributed by atoms with Crippen molar-refractivity contribution in [2.75, 3.05) is 33.1 Å². The molecular weight excluding hydrogens is 216 g/mol. The van der Waals surface area contributed by atoms with E-state index in [1.54, 1.807) is 19.1 Å². The Morgan fingerprint density at radius 3 is 2.71 bits per heavy atom. The van der Waals surface area contributed by atoms with Crippen molar-refractivity contribution in [2.24, 2.45) is 0 Å². The van der Waals surface area contributed by atoms with Crippen LogP contribution in [0.2, 0.25) is 0 Å². The Labute approximate surface area is 103 Å². The van der Waals surface area contributed by atoms with Gasteiger partial charge in [0.05, 0.1) is 18.2 Å². The van der Waals surface area contributed by atoms with Crippen LogP contribution < -0.4 is 5.32 Å². The molecule has 0 fully saturated rings. The molecule has 0 heterocycles. The summed E-state index contributed by atoms with van der Waals surface area (Å²) in [5, 5.41) is 3.02. The molecule has 0 aliphatic rings. The van der Waals surface area contributed by atoms with E-state index < -0.39 is 0 Å². The van der Waals surface area contributed by atoms with E-state index in [9.17, 15) is 4.79 Å². The minimum Gasteiger partial charge on any atom is -0.387 e. The van der Waals surface area contributed by atoms with E-state index in [4.69, 9.17) is 4.74 Å². The maximum Gasteiger partial charge on any atom is 0.256 e. The van der Waals surface area contributed by atoms with Crippen molar-refractivity contribution in [3.8, 4) is 0 Å². The average Bonchev–Trinajstić information content (AvgIpc) is 2.37. The molecule has 4 nitrogen and oxygen atoms in total. The molecule has 1 aromatic carbocycles. The molecule has 0 aliphatic carbocycles. The van der Waals surface area contributed by atoms with Crippen molar-refractivity contribution in [2.45, 2.75) is 13.0 Å². The average molecular weight is 236 g/mol. The molecule has 1 rings (SSSR count). The Kier molecular flexibility index (Phi) is 4.97. The summed E-state index contributed by atoms with van der Waals surface area (Å²) in [5.74, 6) is -0.000463. The first kappa shape index (κ1) is 13.5. The zero-order valence-corrected chi connectivity index (χ0v) is 10.9. The predicted octanol–water partition coefficient (Wildman–Crippen LogP) is 1.84. The van der Waals surface area contributed by atoms with Crippen LogP contribution in [0, 0.1) is 0 Å². The molecule has 0 radical (unpaired) electrons. The normalized spacial score (nSPS) is 12.0. The first-order valence-electron chi connectivity index (χ1n) is 5.64. The summed E-state index contributed by atoms with van der Waals surface area (Å²) in [5.41, 5.74) is 1.52. The number of carbonyl (C=O) groups excluding carboxylic acids is 1. The van der Waals surface area contributed by atoms with Crippen molar-refractivity contribution in [3.63, 3.8) is 0 Å². The number of hydrogen-bond acceptors (Lipinski definition) is 3. The second kappa shape index (κ2) is 6.25. The highest BCUT2D eigenvalue weighted by atomic mass is 16.5. The fourth-order valence-electron chi connectivity index (χ4n) is 1.63. The van der Waals surface area contributed by atoms with Gasteiger partial charge in [-0.2, -0.15) is 0 Å². The lowest BCUT2D eigenvalue weighted by Crippen LogP contribution is -2.38. The number of ether oxygens (including phenoxy) is 1. The molecule has 1 amide bonds. The molecule has 0 bridgehead atoms. The van der Waals surface area contributed by atoms with Gasteiger partial charge in [0.25, 0.3) is 5.91 Å². The van der Waals surface area contributed by atoms with E-state index in [1.807, 2.05) is 38.2 Å². The van der Waals surface area contributed by atoms with E-state index in [0.29, 0.717) is 12.2 Å². The van der Waals surface area contributed by atoms with Gasteiger partial charge in [-0.25, -0.2) is 0 Å². The molecule has 1 unspecified atom stereocenters. The van der Waals surface area contributed by atoms with E-state index >= 15 is 0 Å². The SMILES string of the molecule is CNc1ccccc1C(=O)N(C)C(C)COC. The molecule has 0 spiro atoms. The van der Waals surface area contributed by atoms with Crippen LogP contribution in [0.5, 0.6) is 0 Å².